The molecule has 0 aliphatic carbocycles. The van der Waals surface area contributed by atoms with Crippen LogP contribution in [0.25, 0.3) is 0 Å². The Hall–Kier alpha value is -1.45. The van der Waals surface area contributed by atoms with Gasteiger partial charge in [-0.15, -0.1) is 0 Å². The molecule has 1 atom stereocenters. The fourth-order valence-corrected chi connectivity index (χ4v) is 1.78. The van der Waals surface area contributed by atoms with E-state index < -0.39 is 0 Å². The van der Waals surface area contributed by atoms with Gasteiger partial charge in [0.1, 0.15) is 0 Å². The maximum Gasteiger partial charge on any atom is 0.240 e. The zero-order chi connectivity index (χ0) is 14.4. The van der Waals surface area contributed by atoms with Gasteiger partial charge in [0.2, 0.25) is 11.8 Å². The summed E-state index contributed by atoms with van der Waals surface area (Å²) in [5, 5.41) is 0. The molecular formula is C15H26N2O2. The number of rotatable bonds is 7. The van der Waals surface area contributed by atoms with Crippen LogP contribution in [0, 0.1) is 11.8 Å². The first-order valence-electron chi connectivity index (χ1n) is 6.94. The van der Waals surface area contributed by atoms with E-state index in [4.69, 9.17) is 15.2 Å². The second kappa shape index (κ2) is 7.22. The molecule has 0 saturated carbocycles. The maximum absolute atomic E-state index is 5.84. The van der Waals surface area contributed by atoms with Crippen LogP contribution in [0.2, 0.25) is 0 Å². The van der Waals surface area contributed by atoms with Crippen LogP contribution in [0.3, 0.4) is 0 Å². The average Bonchev–Trinajstić information content (AvgIpc) is 2.28. The van der Waals surface area contributed by atoms with Crippen molar-refractivity contribution in [3.05, 3.63) is 12.1 Å². The van der Waals surface area contributed by atoms with E-state index in [2.05, 4.69) is 32.7 Å². The first kappa shape index (κ1) is 15.6. The van der Waals surface area contributed by atoms with Crippen LogP contribution in [0.15, 0.2) is 12.1 Å². The molecule has 0 bridgehead atoms. The SMILES string of the molecule is CC(C)COc1nc(OC(C)CC(C)C)ccc1N. The maximum atomic E-state index is 5.84. The topological polar surface area (TPSA) is 57.4 Å². The van der Waals surface area contributed by atoms with E-state index in [1.54, 1.807) is 12.1 Å². The van der Waals surface area contributed by atoms with Gasteiger partial charge in [0, 0.05) is 6.07 Å². The molecule has 1 heterocycles. The lowest BCUT2D eigenvalue weighted by Gasteiger charge is -2.17. The van der Waals surface area contributed by atoms with Crippen molar-refractivity contribution < 1.29 is 9.47 Å². The minimum atomic E-state index is 0.133. The zero-order valence-electron chi connectivity index (χ0n) is 12.6. The average molecular weight is 266 g/mol. The second-order valence-corrected chi connectivity index (χ2v) is 5.81. The highest BCUT2D eigenvalue weighted by atomic mass is 16.5. The highest BCUT2D eigenvalue weighted by Crippen LogP contribution is 2.24. The molecular weight excluding hydrogens is 240 g/mol. The molecule has 0 spiro atoms. The molecule has 0 aliphatic heterocycles. The standard InChI is InChI=1S/C15H26N2O2/c1-10(2)8-12(5)19-14-7-6-13(16)15(17-14)18-9-11(3)4/h6-7,10-12H,8-9,16H2,1-5H3. The molecule has 2 N–H and O–H groups in total. The van der Waals surface area contributed by atoms with Crippen molar-refractivity contribution in [2.45, 2.75) is 47.1 Å². The molecule has 0 aromatic carbocycles. The van der Waals surface area contributed by atoms with Gasteiger partial charge in [-0.25, -0.2) is 0 Å². The van der Waals surface area contributed by atoms with Crippen molar-refractivity contribution >= 4 is 5.69 Å². The summed E-state index contributed by atoms with van der Waals surface area (Å²) in [7, 11) is 0. The molecule has 1 rings (SSSR count). The molecule has 0 saturated heterocycles. The second-order valence-electron chi connectivity index (χ2n) is 5.81. The van der Waals surface area contributed by atoms with E-state index in [1.807, 2.05) is 6.92 Å². The Morgan fingerprint density at radius 1 is 1.11 bits per heavy atom. The van der Waals surface area contributed by atoms with Gasteiger partial charge < -0.3 is 15.2 Å². The molecule has 0 fully saturated rings. The smallest absolute Gasteiger partial charge is 0.240 e. The summed E-state index contributed by atoms with van der Waals surface area (Å²) in [5.74, 6) is 2.06. The predicted molar refractivity (Wildman–Crippen MR) is 78.5 cm³/mol. The summed E-state index contributed by atoms with van der Waals surface area (Å²) in [6.07, 6.45) is 1.13. The van der Waals surface area contributed by atoms with E-state index in [0.717, 1.165) is 6.42 Å². The Morgan fingerprint density at radius 3 is 2.37 bits per heavy atom. The number of ether oxygens (including phenoxy) is 2. The van der Waals surface area contributed by atoms with Crippen molar-refractivity contribution in [3.8, 4) is 11.8 Å². The highest BCUT2D eigenvalue weighted by molar-refractivity contribution is 5.49. The molecule has 108 valence electrons. The number of pyridine rings is 1. The van der Waals surface area contributed by atoms with Crippen molar-refractivity contribution in [2.75, 3.05) is 12.3 Å². The number of nitrogens with two attached hydrogens (primary N) is 1. The fourth-order valence-electron chi connectivity index (χ4n) is 1.78. The van der Waals surface area contributed by atoms with Gasteiger partial charge in [0.25, 0.3) is 0 Å². The number of hydrogen-bond donors (Lipinski definition) is 1. The van der Waals surface area contributed by atoms with Gasteiger partial charge >= 0.3 is 0 Å². The van der Waals surface area contributed by atoms with Crippen molar-refractivity contribution in [2.24, 2.45) is 11.8 Å². The molecule has 4 nitrogen and oxygen atoms in total. The van der Waals surface area contributed by atoms with Crippen LogP contribution in [-0.2, 0) is 0 Å². The predicted octanol–water partition coefficient (Wildman–Crippen LogP) is 3.51. The van der Waals surface area contributed by atoms with Crippen LogP contribution in [0.5, 0.6) is 11.8 Å². The molecule has 0 radical (unpaired) electrons. The van der Waals surface area contributed by atoms with Crippen LogP contribution in [-0.4, -0.2) is 17.7 Å². The normalized spacial score (nSPS) is 12.8. The molecule has 0 aliphatic rings. The number of nitrogen functional groups attached to an aromatic ring is 1. The Morgan fingerprint density at radius 2 is 1.79 bits per heavy atom. The van der Waals surface area contributed by atoms with Crippen molar-refractivity contribution in [3.63, 3.8) is 0 Å². The lowest BCUT2D eigenvalue weighted by atomic mass is 10.1. The quantitative estimate of drug-likeness (QED) is 0.820. The first-order valence-corrected chi connectivity index (χ1v) is 6.94. The Kier molecular flexibility index (Phi) is 5.93. The lowest BCUT2D eigenvalue weighted by molar-refractivity contribution is 0.181. The third-order valence-electron chi connectivity index (χ3n) is 2.54. The molecule has 0 amide bonds. The Bertz CT molecular complexity index is 392. The lowest BCUT2D eigenvalue weighted by Crippen LogP contribution is -2.15. The summed E-state index contributed by atoms with van der Waals surface area (Å²) >= 11 is 0. The Balaban J connectivity index is 2.67. The molecule has 4 heteroatoms. The minimum Gasteiger partial charge on any atom is -0.476 e. The van der Waals surface area contributed by atoms with Crippen LogP contribution in [0.1, 0.15) is 41.0 Å². The summed E-state index contributed by atoms with van der Waals surface area (Å²) in [6, 6.07) is 3.56. The number of hydrogen-bond acceptors (Lipinski definition) is 4. The third kappa shape index (κ3) is 5.81. The molecule has 1 aromatic rings. The van der Waals surface area contributed by atoms with E-state index in [-0.39, 0.29) is 6.10 Å². The number of nitrogens with zero attached hydrogens (tertiary/aromatic N) is 1. The summed E-state index contributed by atoms with van der Waals surface area (Å²) in [6.45, 7) is 11.2. The van der Waals surface area contributed by atoms with E-state index >= 15 is 0 Å². The number of aromatic nitrogens is 1. The van der Waals surface area contributed by atoms with Gasteiger partial charge in [0.05, 0.1) is 18.4 Å². The Labute approximate surface area is 116 Å². The van der Waals surface area contributed by atoms with Gasteiger partial charge in [-0.1, -0.05) is 27.7 Å². The highest BCUT2D eigenvalue weighted by Gasteiger charge is 2.10. The van der Waals surface area contributed by atoms with Crippen LogP contribution >= 0.6 is 0 Å². The fraction of sp³-hybridized carbons (Fsp3) is 0.667. The molecule has 1 aromatic heterocycles. The van der Waals surface area contributed by atoms with Crippen LogP contribution in [0.4, 0.5) is 5.69 Å². The minimum absolute atomic E-state index is 0.133. The zero-order valence-corrected chi connectivity index (χ0v) is 12.6. The first-order chi connectivity index (χ1) is 8.88. The van der Waals surface area contributed by atoms with Gasteiger partial charge in [-0.2, -0.15) is 4.98 Å². The van der Waals surface area contributed by atoms with Gasteiger partial charge in [-0.05, 0) is 31.2 Å². The summed E-state index contributed by atoms with van der Waals surface area (Å²) in [4.78, 5) is 4.32. The van der Waals surface area contributed by atoms with E-state index in [9.17, 15) is 0 Å². The number of anilines is 1. The van der Waals surface area contributed by atoms with Crippen molar-refractivity contribution in [1.82, 2.24) is 4.98 Å². The monoisotopic (exact) mass is 266 g/mol. The van der Waals surface area contributed by atoms with E-state index in [1.165, 1.54) is 0 Å². The summed E-state index contributed by atoms with van der Waals surface area (Å²) < 4.78 is 11.4. The third-order valence-corrected chi connectivity index (χ3v) is 2.54. The van der Waals surface area contributed by atoms with Gasteiger partial charge in [0.15, 0.2) is 0 Å². The van der Waals surface area contributed by atoms with Gasteiger partial charge in [-0.3, -0.25) is 0 Å². The molecule has 19 heavy (non-hydrogen) atoms. The van der Waals surface area contributed by atoms with E-state index in [0.29, 0.717) is 35.9 Å². The molecule has 1 unspecified atom stereocenters. The van der Waals surface area contributed by atoms with Crippen molar-refractivity contribution in [1.29, 1.82) is 0 Å². The van der Waals surface area contributed by atoms with Crippen LogP contribution < -0.4 is 15.2 Å². The summed E-state index contributed by atoms with van der Waals surface area (Å²) in [5.41, 5.74) is 6.39. The largest absolute Gasteiger partial charge is 0.476 e.